The fraction of sp³-hybridized carbons (Fsp3) is 0.267. The van der Waals surface area contributed by atoms with Crippen molar-refractivity contribution < 1.29 is 4.79 Å². The van der Waals surface area contributed by atoms with Crippen molar-refractivity contribution in [2.45, 2.75) is 25.4 Å². The molecule has 104 valence electrons. The van der Waals surface area contributed by atoms with E-state index in [4.69, 9.17) is 5.73 Å². The number of benzene rings is 1. The van der Waals surface area contributed by atoms with Crippen LogP contribution in [0.15, 0.2) is 39.5 Å². The average molecular weight is 351 g/mol. The number of nitrogen functional groups attached to an aromatic ring is 1. The lowest BCUT2D eigenvalue weighted by molar-refractivity contribution is 0.0730. The topological polar surface area (TPSA) is 46.3 Å². The van der Waals surface area contributed by atoms with Crippen molar-refractivity contribution >= 4 is 38.9 Å². The van der Waals surface area contributed by atoms with Crippen LogP contribution in [0, 0.1) is 0 Å². The van der Waals surface area contributed by atoms with E-state index in [1.807, 2.05) is 16.3 Å². The van der Waals surface area contributed by atoms with E-state index in [1.165, 1.54) is 5.56 Å². The van der Waals surface area contributed by atoms with Gasteiger partial charge in [0, 0.05) is 28.3 Å². The minimum atomic E-state index is 0.0618. The maximum atomic E-state index is 12.7. The molecule has 2 aromatic rings. The second-order valence-electron chi connectivity index (χ2n) is 5.07. The lowest BCUT2D eigenvalue weighted by Gasteiger charge is -2.22. The molecule has 20 heavy (non-hydrogen) atoms. The number of halogens is 1. The van der Waals surface area contributed by atoms with Gasteiger partial charge in [-0.2, -0.15) is 11.3 Å². The first-order valence-corrected chi connectivity index (χ1v) is 8.25. The molecular weight excluding hydrogens is 336 g/mol. The van der Waals surface area contributed by atoms with Crippen LogP contribution in [0.1, 0.15) is 28.8 Å². The Bertz CT molecular complexity index is 603. The third-order valence-corrected chi connectivity index (χ3v) is 4.54. The molecule has 1 aromatic heterocycles. The zero-order chi connectivity index (χ0) is 14.1. The van der Waals surface area contributed by atoms with Crippen LogP contribution in [0.5, 0.6) is 0 Å². The second-order valence-corrected chi connectivity index (χ2v) is 6.76. The maximum absolute atomic E-state index is 12.7. The van der Waals surface area contributed by atoms with Gasteiger partial charge in [0.2, 0.25) is 0 Å². The summed E-state index contributed by atoms with van der Waals surface area (Å²) in [6, 6.07) is 7.83. The Morgan fingerprint density at radius 3 is 2.80 bits per heavy atom. The molecule has 1 aliphatic rings. The lowest BCUT2D eigenvalue weighted by Crippen LogP contribution is -2.32. The van der Waals surface area contributed by atoms with Gasteiger partial charge in [0.15, 0.2) is 0 Å². The highest BCUT2D eigenvalue weighted by molar-refractivity contribution is 9.10. The number of amides is 1. The van der Waals surface area contributed by atoms with Gasteiger partial charge in [0.1, 0.15) is 0 Å². The minimum Gasteiger partial charge on any atom is -0.399 e. The highest BCUT2D eigenvalue weighted by atomic mass is 79.9. The predicted molar refractivity (Wildman–Crippen MR) is 85.8 cm³/mol. The van der Waals surface area contributed by atoms with Gasteiger partial charge in [-0.15, -0.1) is 0 Å². The molecule has 0 radical (unpaired) electrons. The molecule has 1 saturated carbocycles. The molecule has 1 aromatic carbocycles. The van der Waals surface area contributed by atoms with E-state index in [1.54, 1.807) is 23.5 Å². The number of hydrogen-bond donors (Lipinski definition) is 1. The predicted octanol–water partition coefficient (Wildman–Crippen LogP) is 3.90. The van der Waals surface area contributed by atoms with Crippen molar-refractivity contribution in [3.63, 3.8) is 0 Å². The van der Waals surface area contributed by atoms with Crippen molar-refractivity contribution in [3.05, 3.63) is 50.6 Å². The van der Waals surface area contributed by atoms with Crippen LogP contribution in [-0.2, 0) is 6.54 Å². The standard InChI is InChI=1S/C15H15BrN2OS/c16-12-5-11(6-13(17)7-12)15(19)18(14-1-2-14)8-10-3-4-20-9-10/h3-7,9,14H,1-2,8,17H2. The molecule has 0 unspecified atom stereocenters. The zero-order valence-electron chi connectivity index (χ0n) is 10.9. The highest BCUT2D eigenvalue weighted by Crippen LogP contribution is 2.31. The van der Waals surface area contributed by atoms with Gasteiger partial charge < -0.3 is 10.6 Å². The number of nitrogens with zero attached hydrogens (tertiary/aromatic N) is 1. The van der Waals surface area contributed by atoms with Crippen LogP contribution in [0.2, 0.25) is 0 Å². The van der Waals surface area contributed by atoms with Crippen molar-refractivity contribution in [1.29, 1.82) is 0 Å². The van der Waals surface area contributed by atoms with E-state index in [0.717, 1.165) is 17.3 Å². The van der Waals surface area contributed by atoms with Crippen molar-refractivity contribution in [1.82, 2.24) is 4.90 Å². The van der Waals surface area contributed by atoms with E-state index in [9.17, 15) is 4.79 Å². The Kier molecular flexibility index (Phi) is 3.81. The number of rotatable bonds is 4. The molecule has 0 atom stereocenters. The molecule has 0 saturated heterocycles. The summed E-state index contributed by atoms with van der Waals surface area (Å²) in [5.41, 5.74) is 8.28. The van der Waals surface area contributed by atoms with Gasteiger partial charge in [-0.05, 0) is 53.4 Å². The quantitative estimate of drug-likeness (QED) is 0.850. The van der Waals surface area contributed by atoms with Crippen molar-refractivity contribution in [2.24, 2.45) is 0 Å². The molecule has 3 nitrogen and oxygen atoms in total. The molecule has 2 N–H and O–H groups in total. The summed E-state index contributed by atoms with van der Waals surface area (Å²) in [5.74, 6) is 0.0618. The summed E-state index contributed by atoms with van der Waals surface area (Å²) < 4.78 is 0.840. The molecule has 5 heteroatoms. The Balaban J connectivity index is 1.85. The first-order chi connectivity index (χ1) is 9.63. The molecule has 3 rings (SSSR count). The van der Waals surface area contributed by atoms with Crippen LogP contribution in [0.4, 0.5) is 5.69 Å². The second kappa shape index (κ2) is 5.58. The van der Waals surface area contributed by atoms with Gasteiger partial charge in [0.25, 0.3) is 5.91 Å². The molecule has 1 aliphatic carbocycles. The lowest BCUT2D eigenvalue weighted by atomic mass is 10.1. The fourth-order valence-electron chi connectivity index (χ4n) is 2.23. The number of carbonyl (C=O) groups excluding carboxylic acids is 1. The highest BCUT2D eigenvalue weighted by Gasteiger charge is 2.33. The molecule has 0 aliphatic heterocycles. The average Bonchev–Trinajstić information content (AvgIpc) is 3.11. The van der Waals surface area contributed by atoms with Crippen molar-refractivity contribution in [3.8, 4) is 0 Å². The van der Waals surface area contributed by atoms with Gasteiger partial charge in [0.05, 0.1) is 0 Å². The van der Waals surface area contributed by atoms with Crippen molar-refractivity contribution in [2.75, 3.05) is 5.73 Å². The van der Waals surface area contributed by atoms with E-state index in [0.29, 0.717) is 23.8 Å². The molecular formula is C15H15BrN2OS. The van der Waals surface area contributed by atoms with Crippen LogP contribution in [-0.4, -0.2) is 16.8 Å². The normalized spacial score (nSPS) is 14.2. The largest absolute Gasteiger partial charge is 0.399 e. The van der Waals surface area contributed by atoms with E-state index < -0.39 is 0 Å². The molecule has 1 heterocycles. The van der Waals surface area contributed by atoms with Gasteiger partial charge in [-0.3, -0.25) is 4.79 Å². The summed E-state index contributed by atoms with van der Waals surface area (Å²) in [6.45, 7) is 0.680. The molecule has 0 bridgehead atoms. The van der Waals surface area contributed by atoms with Gasteiger partial charge >= 0.3 is 0 Å². The summed E-state index contributed by atoms with van der Waals surface area (Å²) in [7, 11) is 0. The van der Waals surface area contributed by atoms with Gasteiger partial charge in [-0.1, -0.05) is 15.9 Å². The summed E-state index contributed by atoms with van der Waals surface area (Å²) in [5, 5.41) is 4.14. The Hall–Kier alpha value is -1.33. The third-order valence-electron chi connectivity index (χ3n) is 3.35. The zero-order valence-corrected chi connectivity index (χ0v) is 13.3. The van der Waals surface area contributed by atoms with Crippen LogP contribution < -0.4 is 5.73 Å². The van der Waals surface area contributed by atoms with Crippen LogP contribution in [0.3, 0.4) is 0 Å². The molecule has 1 fully saturated rings. The SMILES string of the molecule is Nc1cc(Br)cc(C(=O)N(Cc2ccsc2)C2CC2)c1. The maximum Gasteiger partial charge on any atom is 0.254 e. The van der Waals surface area contributed by atoms with Crippen LogP contribution in [0.25, 0.3) is 0 Å². The molecule has 1 amide bonds. The van der Waals surface area contributed by atoms with E-state index in [2.05, 4.69) is 27.4 Å². The first-order valence-electron chi connectivity index (χ1n) is 6.51. The summed E-state index contributed by atoms with van der Waals surface area (Å²) >= 11 is 5.06. The number of thiophene rings is 1. The monoisotopic (exact) mass is 350 g/mol. The Morgan fingerprint density at radius 1 is 1.40 bits per heavy atom. The Morgan fingerprint density at radius 2 is 2.20 bits per heavy atom. The summed E-state index contributed by atoms with van der Waals surface area (Å²) in [6.07, 6.45) is 2.19. The number of carbonyl (C=O) groups is 1. The minimum absolute atomic E-state index is 0.0618. The van der Waals surface area contributed by atoms with Crippen LogP contribution >= 0.6 is 27.3 Å². The molecule has 0 spiro atoms. The smallest absolute Gasteiger partial charge is 0.254 e. The third kappa shape index (κ3) is 3.04. The van der Waals surface area contributed by atoms with E-state index in [-0.39, 0.29) is 5.91 Å². The summed E-state index contributed by atoms with van der Waals surface area (Å²) in [4.78, 5) is 14.7. The fourth-order valence-corrected chi connectivity index (χ4v) is 3.40. The Labute approximate surface area is 130 Å². The van der Waals surface area contributed by atoms with Gasteiger partial charge in [-0.25, -0.2) is 0 Å². The number of nitrogens with two attached hydrogens (primary N) is 1. The number of anilines is 1. The first kappa shape index (κ1) is 13.6. The van der Waals surface area contributed by atoms with E-state index >= 15 is 0 Å². The number of hydrogen-bond acceptors (Lipinski definition) is 3.